The molecule has 0 saturated carbocycles. The minimum Gasteiger partial charge on any atom is -0.389 e. The molecule has 17 heavy (non-hydrogen) atoms. The normalized spacial score (nSPS) is 21.7. The molecule has 0 bridgehead atoms. The Labute approximate surface area is 110 Å². The van der Waals surface area contributed by atoms with Gasteiger partial charge in [0.05, 0.1) is 12.7 Å². The lowest BCUT2D eigenvalue weighted by atomic mass is 9.81. The molecule has 0 radical (unpaired) electrons. The molecule has 0 spiro atoms. The zero-order valence-corrected chi connectivity index (χ0v) is 11.8. The van der Waals surface area contributed by atoms with Gasteiger partial charge >= 0.3 is 0 Å². The Morgan fingerprint density at radius 1 is 1.47 bits per heavy atom. The zero-order valence-electron chi connectivity index (χ0n) is 10.9. The molecular formula is C12H25NO3S. The molecule has 1 atom stereocenters. The Morgan fingerprint density at radius 2 is 2.12 bits per heavy atom. The second-order valence-electron chi connectivity index (χ2n) is 5.08. The standard InChI is InChI=1S/C12H25NO3S/c1-13(7-11(14)8-15-2)9-12(10-17)3-5-16-6-4-12/h11,14,17H,3-10H2,1-2H3. The summed E-state index contributed by atoms with van der Waals surface area (Å²) in [6.07, 6.45) is 1.70. The molecule has 1 N–H and O–H groups in total. The fourth-order valence-corrected chi connectivity index (χ4v) is 2.83. The molecule has 0 aromatic rings. The number of methoxy groups -OCH3 is 1. The van der Waals surface area contributed by atoms with Gasteiger partial charge < -0.3 is 19.5 Å². The fraction of sp³-hybridized carbons (Fsp3) is 1.00. The van der Waals surface area contributed by atoms with Crippen molar-refractivity contribution in [3.8, 4) is 0 Å². The summed E-state index contributed by atoms with van der Waals surface area (Å²) in [6, 6.07) is 0. The minimum atomic E-state index is -0.415. The fourth-order valence-electron chi connectivity index (χ4n) is 2.41. The van der Waals surface area contributed by atoms with E-state index in [0.29, 0.717) is 13.2 Å². The second-order valence-corrected chi connectivity index (χ2v) is 5.39. The molecule has 1 fully saturated rings. The number of thiol groups is 1. The van der Waals surface area contributed by atoms with Gasteiger partial charge in [-0.05, 0) is 31.1 Å². The Morgan fingerprint density at radius 3 is 2.65 bits per heavy atom. The first-order valence-electron chi connectivity index (χ1n) is 6.16. The van der Waals surface area contributed by atoms with E-state index in [1.807, 2.05) is 7.05 Å². The maximum absolute atomic E-state index is 9.70. The summed E-state index contributed by atoms with van der Waals surface area (Å²) in [5, 5.41) is 9.70. The number of hydrogen-bond donors (Lipinski definition) is 2. The monoisotopic (exact) mass is 263 g/mol. The van der Waals surface area contributed by atoms with Crippen LogP contribution in [-0.4, -0.2) is 68.9 Å². The zero-order chi connectivity index (χ0) is 12.7. The number of likely N-dealkylation sites (N-methyl/N-ethyl adjacent to an activating group) is 1. The van der Waals surface area contributed by atoms with E-state index >= 15 is 0 Å². The molecular weight excluding hydrogens is 238 g/mol. The van der Waals surface area contributed by atoms with Crippen LogP contribution >= 0.6 is 12.6 Å². The third-order valence-electron chi connectivity index (χ3n) is 3.38. The Hall–Kier alpha value is 0.190. The molecule has 0 aromatic heterocycles. The molecule has 1 aliphatic rings. The van der Waals surface area contributed by atoms with Crippen molar-refractivity contribution in [2.75, 3.05) is 52.8 Å². The van der Waals surface area contributed by atoms with Crippen LogP contribution in [0.25, 0.3) is 0 Å². The largest absolute Gasteiger partial charge is 0.389 e. The highest BCUT2D eigenvalue weighted by molar-refractivity contribution is 7.80. The maximum atomic E-state index is 9.70. The van der Waals surface area contributed by atoms with Crippen LogP contribution in [0.4, 0.5) is 0 Å². The van der Waals surface area contributed by atoms with Crippen LogP contribution in [0.2, 0.25) is 0 Å². The van der Waals surface area contributed by atoms with Crippen LogP contribution in [0.1, 0.15) is 12.8 Å². The summed E-state index contributed by atoms with van der Waals surface area (Å²) >= 11 is 4.49. The van der Waals surface area contributed by atoms with Gasteiger partial charge in [0.2, 0.25) is 0 Å². The number of hydrogen-bond acceptors (Lipinski definition) is 5. The number of nitrogens with zero attached hydrogens (tertiary/aromatic N) is 1. The third-order valence-corrected chi connectivity index (χ3v) is 4.05. The van der Waals surface area contributed by atoms with E-state index in [1.54, 1.807) is 7.11 Å². The summed E-state index contributed by atoms with van der Waals surface area (Å²) < 4.78 is 10.3. The van der Waals surface area contributed by atoms with E-state index in [4.69, 9.17) is 9.47 Å². The molecule has 0 aliphatic carbocycles. The van der Waals surface area contributed by atoms with Gasteiger partial charge in [-0.1, -0.05) is 0 Å². The Kier molecular flexibility index (Phi) is 6.80. The van der Waals surface area contributed by atoms with Gasteiger partial charge in [0, 0.05) is 33.4 Å². The van der Waals surface area contributed by atoms with E-state index in [0.717, 1.165) is 38.4 Å². The van der Waals surface area contributed by atoms with Crippen LogP contribution in [0.3, 0.4) is 0 Å². The first-order chi connectivity index (χ1) is 8.12. The smallest absolute Gasteiger partial charge is 0.0899 e. The van der Waals surface area contributed by atoms with Crippen LogP contribution in [0.15, 0.2) is 0 Å². The minimum absolute atomic E-state index is 0.239. The van der Waals surface area contributed by atoms with Crippen LogP contribution in [0.5, 0.6) is 0 Å². The average Bonchev–Trinajstić information content (AvgIpc) is 2.30. The van der Waals surface area contributed by atoms with E-state index < -0.39 is 6.10 Å². The highest BCUT2D eigenvalue weighted by Gasteiger charge is 2.32. The molecule has 4 nitrogen and oxygen atoms in total. The third kappa shape index (κ3) is 5.14. The molecule has 1 rings (SSSR count). The number of ether oxygens (including phenoxy) is 2. The number of aliphatic hydroxyl groups is 1. The first kappa shape index (κ1) is 15.2. The highest BCUT2D eigenvalue weighted by atomic mass is 32.1. The number of rotatable bonds is 7. The molecule has 1 aliphatic heterocycles. The topological polar surface area (TPSA) is 41.9 Å². The van der Waals surface area contributed by atoms with Gasteiger partial charge in [0.1, 0.15) is 0 Å². The van der Waals surface area contributed by atoms with Crippen molar-refractivity contribution in [3.05, 3.63) is 0 Å². The lowest BCUT2D eigenvalue weighted by molar-refractivity contribution is -0.00312. The average molecular weight is 263 g/mol. The van der Waals surface area contributed by atoms with Crippen molar-refractivity contribution < 1.29 is 14.6 Å². The summed E-state index contributed by atoms with van der Waals surface area (Å²) in [5.74, 6) is 0.876. The quantitative estimate of drug-likeness (QED) is 0.662. The van der Waals surface area contributed by atoms with Gasteiger partial charge in [-0.3, -0.25) is 0 Å². The van der Waals surface area contributed by atoms with Crippen molar-refractivity contribution in [2.24, 2.45) is 5.41 Å². The van der Waals surface area contributed by atoms with Gasteiger partial charge in [-0.25, -0.2) is 0 Å². The maximum Gasteiger partial charge on any atom is 0.0899 e. The van der Waals surface area contributed by atoms with E-state index in [-0.39, 0.29) is 5.41 Å². The Balaban J connectivity index is 2.38. The first-order valence-corrected chi connectivity index (χ1v) is 6.79. The summed E-state index contributed by atoms with van der Waals surface area (Å²) in [6.45, 7) is 3.65. The van der Waals surface area contributed by atoms with E-state index in [2.05, 4.69) is 17.5 Å². The number of aliphatic hydroxyl groups excluding tert-OH is 1. The summed E-state index contributed by atoms with van der Waals surface area (Å²) in [7, 11) is 3.65. The molecule has 1 saturated heterocycles. The van der Waals surface area contributed by atoms with Gasteiger partial charge in [0.25, 0.3) is 0 Å². The van der Waals surface area contributed by atoms with E-state index in [1.165, 1.54) is 0 Å². The molecule has 0 amide bonds. The van der Waals surface area contributed by atoms with Crippen molar-refractivity contribution in [1.29, 1.82) is 0 Å². The van der Waals surface area contributed by atoms with Crippen molar-refractivity contribution >= 4 is 12.6 Å². The molecule has 102 valence electrons. The van der Waals surface area contributed by atoms with Crippen molar-refractivity contribution in [2.45, 2.75) is 18.9 Å². The van der Waals surface area contributed by atoms with Crippen LogP contribution in [0, 0.1) is 5.41 Å². The van der Waals surface area contributed by atoms with Crippen molar-refractivity contribution in [3.63, 3.8) is 0 Å². The molecule has 0 aromatic carbocycles. The molecule has 5 heteroatoms. The lowest BCUT2D eigenvalue weighted by Crippen LogP contribution is -2.44. The predicted molar refractivity (Wildman–Crippen MR) is 71.7 cm³/mol. The van der Waals surface area contributed by atoms with Crippen molar-refractivity contribution in [1.82, 2.24) is 4.90 Å². The lowest BCUT2D eigenvalue weighted by Gasteiger charge is -2.39. The Bertz CT molecular complexity index is 210. The van der Waals surface area contributed by atoms with E-state index in [9.17, 15) is 5.11 Å². The summed E-state index contributed by atoms with van der Waals surface area (Å²) in [5.41, 5.74) is 0.239. The molecule has 1 heterocycles. The van der Waals surface area contributed by atoms with Gasteiger partial charge in [-0.2, -0.15) is 12.6 Å². The van der Waals surface area contributed by atoms with Gasteiger partial charge in [0.15, 0.2) is 0 Å². The van der Waals surface area contributed by atoms with Gasteiger partial charge in [-0.15, -0.1) is 0 Å². The SMILES string of the molecule is COCC(O)CN(C)CC1(CS)CCOCC1. The summed E-state index contributed by atoms with van der Waals surface area (Å²) in [4.78, 5) is 2.17. The highest BCUT2D eigenvalue weighted by Crippen LogP contribution is 2.32. The molecule has 1 unspecified atom stereocenters. The van der Waals surface area contributed by atoms with Crippen LogP contribution < -0.4 is 0 Å². The second kappa shape index (κ2) is 7.59. The predicted octanol–water partition coefficient (Wildman–Crippen LogP) is 0.652. The van der Waals surface area contributed by atoms with Crippen LogP contribution in [-0.2, 0) is 9.47 Å².